The van der Waals surface area contributed by atoms with Gasteiger partial charge in [0.1, 0.15) is 0 Å². The highest BCUT2D eigenvalue weighted by Crippen LogP contribution is 2.35. The first-order valence-corrected chi connectivity index (χ1v) is 7.39. The van der Waals surface area contributed by atoms with Crippen LogP contribution in [0.3, 0.4) is 0 Å². The van der Waals surface area contributed by atoms with Gasteiger partial charge in [0.15, 0.2) is 0 Å². The van der Waals surface area contributed by atoms with Gasteiger partial charge in [0.25, 0.3) is 0 Å². The van der Waals surface area contributed by atoms with Gasteiger partial charge in [0, 0.05) is 0 Å². The normalized spacial score (nSPS) is 26.6. The van der Waals surface area contributed by atoms with Gasteiger partial charge in [-0.2, -0.15) is 0 Å². The van der Waals surface area contributed by atoms with Crippen LogP contribution in [0.1, 0.15) is 59.8 Å². The lowest BCUT2D eigenvalue weighted by Crippen LogP contribution is -2.28. The van der Waals surface area contributed by atoms with Gasteiger partial charge in [-0.05, 0) is 50.2 Å². The number of hydrogen-bond acceptors (Lipinski definition) is 1. The first kappa shape index (κ1) is 14.0. The molecule has 2 atom stereocenters. The number of nitrogens with zero attached hydrogens (tertiary/aromatic N) is 1. The summed E-state index contributed by atoms with van der Waals surface area (Å²) in [6.45, 7) is 13.1. The zero-order chi connectivity index (χ0) is 12.0. The molecule has 1 saturated carbocycles. The summed E-state index contributed by atoms with van der Waals surface area (Å²) < 4.78 is 0. The van der Waals surface area contributed by atoms with Crippen molar-refractivity contribution in [2.45, 2.75) is 59.8 Å². The number of rotatable bonds is 6. The Morgan fingerprint density at radius 1 is 1.12 bits per heavy atom. The van der Waals surface area contributed by atoms with E-state index in [-0.39, 0.29) is 0 Å². The van der Waals surface area contributed by atoms with E-state index < -0.39 is 0 Å². The Kier molecular flexibility index (Phi) is 6.41. The van der Waals surface area contributed by atoms with E-state index in [1.165, 1.54) is 51.7 Å². The molecule has 2 unspecified atom stereocenters. The first-order valence-electron chi connectivity index (χ1n) is 7.39. The van der Waals surface area contributed by atoms with Crippen LogP contribution in [0, 0.1) is 17.8 Å². The van der Waals surface area contributed by atoms with Crippen LogP contribution in [0.5, 0.6) is 0 Å². The zero-order valence-electron chi connectivity index (χ0n) is 11.8. The lowest BCUT2D eigenvalue weighted by molar-refractivity contribution is 0.185. The Bertz CT molecular complexity index is 172. The van der Waals surface area contributed by atoms with Gasteiger partial charge in [-0.25, -0.2) is 0 Å². The molecule has 0 N–H and O–H groups in total. The summed E-state index contributed by atoms with van der Waals surface area (Å²) in [5.74, 6) is 2.92. The topological polar surface area (TPSA) is 3.24 Å². The summed E-state index contributed by atoms with van der Waals surface area (Å²) in [4.78, 5) is 2.57. The molecule has 0 aromatic heterocycles. The average molecular weight is 225 g/mol. The highest BCUT2D eigenvalue weighted by atomic mass is 15.1. The van der Waals surface area contributed by atoms with E-state index in [0.29, 0.717) is 0 Å². The molecule has 1 aliphatic carbocycles. The van der Waals surface area contributed by atoms with Crippen LogP contribution in [0.2, 0.25) is 0 Å². The maximum absolute atomic E-state index is 2.57. The van der Waals surface area contributed by atoms with Gasteiger partial charge in [0.05, 0.1) is 0 Å². The Morgan fingerprint density at radius 3 is 2.38 bits per heavy atom. The van der Waals surface area contributed by atoms with Crippen LogP contribution in [0.4, 0.5) is 0 Å². The van der Waals surface area contributed by atoms with Crippen molar-refractivity contribution in [3.8, 4) is 0 Å². The maximum atomic E-state index is 2.57. The molecule has 0 spiro atoms. The largest absolute Gasteiger partial charge is 0.304 e. The average Bonchev–Trinajstić information content (AvgIpc) is 2.31. The fourth-order valence-corrected chi connectivity index (χ4v) is 3.11. The molecule has 1 rings (SSSR count). The van der Waals surface area contributed by atoms with Gasteiger partial charge in [-0.1, -0.05) is 47.0 Å². The molecule has 16 heavy (non-hydrogen) atoms. The first-order chi connectivity index (χ1) is 7.67. The Morgan fingerprint density at radius 2 is 1.81 bits per heavy atom. The Balaban J connectivity index is 2.26. The van der Waals surface area contributed by atoms with Gasteiger partial charge in [0.2, 0.25) is 0 Å². The van der Waals surface area contributed by atoms with Gasteiger partial charge < -0.3 is 4.90 Å². The molecular weight excluding hydrogens is 194 g/mol. The third-order valence-electron chi connectivity index (χ3n) is 4.51. The molecule has 0 saturated heterocycles. The monoisotopic (exact) mass is 225 g/mol. The van der Waals surface area contributed by atoms with Crippen LogP contribution >= 0.6 is 0 Å². The molecule has 0 aromatic rings. The minimum Gasteiger partial charge on any atom is -0.304 e. The smallest absolute Gasteiger partial charge is 0.00163 e. The van der Waals surface area contributed by atoms with Crippen molar-refractivity contribution in [3.63, 3.8) is 0 Å². The summed E-state index contributed by atoms with van der Waals surface area (Å²) in [7, 11) is 0. The van der Waals surface area contributed by atoms with Crippen molar-refractivity contribution in [3.05, 3.63) is 0 Å². The third-order valence-corrected chi connectivity index (χ3v) is 4.51. The van der Waals surface area contributed by atoms with Gasteiger partial charge in [-0.3, -0.25) is 0 Å². The molecule has 0 aromatic carbocycles. The fraction of sp³-hybridized carbons (Fsp3) is 1.00. The summed E-state index contributed by atoms with van der Waals surface area (Å²) in [5.41, 5.74) is 0. The van der Waals surface area contributed by atoms with Crippen LogP contribution in [-0.2, 0) is 0 Å². The Labute approximate surface area is 103 Å². The van der Waals surface area contributed by atoms with Crippen LogP contribution < -0.4 is 0 Å². The van der Waals surface area contributed by atoms with E-state index in [1.54, 1.807) is 0 Å². The second kappa shape index (κ2) is 7.32. The molecule has 96 valence electrons. The highest BCUT2D eigenvalue weighted by Gasteiger charge is 2.23. The summed E-state index contributed by atoms with van der Waals surface area (Å²) in [6.07, 6.45) is 7.39. The molecule has 1 nitrogen and oxygen atoms in total. The second-order valence-corrected chi connectivity index (χ2v) is 5.85. The van der Waals surface area contributed by atoms with Crippen molar-refractivity contribution in [2.75, 3.05) is 19.6 Å². The van der Waals surface area contributed by atoms with Gasteiger partial charge >= 0.3 is 0 Å². The quantitative estimate of drug-likeness (QED) is 0.655. The number of hydrogen-bond donors (Lipinski definition) is 0. The van der Waals surface area contributed by atoms with E-state index >= 15 is 0 Å². The second-order valence-electron chi connectivity index (χ2n) is 5.85. The van der Waals surface area contributed by atoms with E-state index in [1.807, 2.05) is 0 Å². The predicted molar refractivity (Wildman–Crippen MR) is 72.7 cm³/mol. The van der Waals surface area contributed by atoms with Gasteiger partial charge in [-0.15, -0.1) is 0 Å². The van der Waals surface area contributed by atoms with Crippen molar-refractivity contribution < 1.29 is 0 Å². The predicted octanol–water partition coefficient (Wildman–Crippen LogP) is 4.18. The van der Waals surface area contributed by atoms with Crippen LogP contribution in [-0.4, -0.2) is 24.5 Å². The molecule has 0 aliphatic heterocycles. The molecule has 1 heteroatoms. The molecule has 0 amide bonds. The molecule has 0 bridgehead atoms. The third kappa shape index (κ3) is 4.45. The zero-order valence-corrected chi connectivity index (χ0v) is 11.8. The van der Waals surface area contributed by atoms with Crippen molar-refractivity contribution in [1.29, 1.82) is 0 Å². The molecule has 1 fully saturated rings. The summed E-state index contributed by atoms with van der Waals surface area (Å²) in [6, 6.07) is 0. The molecule has 0 radical (unpaired) electrons. The van der Waals surface area contributed by atoms with Crippen LogP contribution in [0.15, 0.2) is 0 Å². The van der Waals surface area contributed by atoms with Crippen molar-refractivity contribution in [1.82, 2.24) is 4.90 Å². The molecular formula is C15H31N. The lowest BCUT2D eigenvalue weighted by atomic mass is 9.75. The summed E-state index contributed by atoms with van der Waals surface area (Å²) in [5, 5.41) is 0. The van der Waals surface area contributed by atoms with E-state index in [4.69, 9.17) is 0 Å². The highest BCUT2D eigenvalue weighted by molar-refractivity contribution is 4.76. The lowest BCUT2D eigenvalue weighted by Gasteiger charge is -2.32. The Hall–Kier alpha value is -0.0400. The maximum Gasteiger partial charge on any atom is -0.00163 e. The molecule has 0 heterocycles. The van der Waals surface area contributed by atoms with Crippen molar-refractivity contribution in [2.24, 2.45) is 17.8 Å². The minimum absolute atomic E-state index is 0.899. The molecule has 1 aliphatic rings. The van der Waals surface area contributed by atoms with Crippen molar-refractivity contribution >= 4 is 0 Å². The minimum atomic E-state index is 0.899. The van der Waals surface area contributed by atoms with E-state index in [2.05, 4.69) is 32.6 Å². The summed E-state index contributed by atoms with van der Waals surface area (Å²) >= 11 is 0. The van der Waals surface area contributed by atoms with E-state index in [9.17, 15) is 0 Å². The van der Waals surface area contributed by atoms with Crippen LogP contribution in [0.25, 0.3) is 0 Å². The van der Waals surface area contributed by atoms with E-state index in [0.717, 1.165) is 17.8 Å². The standard InChI is InChI=1S/C15H31N/c1-5-16(6-2)11-10-14-8-7-9-15(12-14)13(3)4/h13-15H,5-12H2,1-4H3. The SMILES string of the molecule is CCN(CC)CCC1CCCC(C(C)C)C1. The fourth-order valence-electron chi connectivity index (χ4n) is 3.11.